The molecule has 0 spiro atoms. The molecule has 0 amide bonds. The standard InChI is InChI=1S/C19H20F6N2O4/c20-17(21,11-30-15-5-1-13(2-6-15)9-26-28)19(24,25)18(22,23)12-31-16-7-3-14(4-8-16)10-27-29/h1-8,26-29H,9-12H2. The van der Waals surface area contributed by atoms with Crippen molar-refractivity contribution in [2.45, 2.75) is 30.9 Å². The smallest absolute Gasteiger partial charge is 0.378 e. The number of hydroxylamine groups is 2. The van der Waals surface area contributed by atoms with E-state index in [1.807, 2.05) is 11.0 Å². The molecule has 172 valence electrons. The molecule has 0 aliphatic heterocycles. The van der Waals surface area contributed by atoms with Crippen molar-refractivity contribution < 1.29 is 46.2 Å². The summed E-state index contributed by atoms with van der Waals surface area (Å²) in [6.45, 7) is -3.89. The van der Waals surface area contributed by atoms with Crippen LogP contribution in [0.4, 0.5) is 26.3 Å². The molecule has 0 atom stereocenters. The summed E-state index contributed by atoms with van der Waals surface area (Å²) < 4.78 is 93.0. The van der Waals surface area contributed by atoms with E-state index in [0.29, 0.717) is 11.1 Å². The lowest BCUT2D eigenvalue weighted by atomic mass is 10.1. The summed E-state index contributed by atoms with van der Waals surface area (Å²) in [6, 6.07) is 10.1. The van der Waals surface area contributed by atoms with E-state index in [2.05, 4.69) is 9.47 Å². The van der Waals surface area contributed by atoms with Gasteiger partial charge in [-0.15, -0.1) is 0 Å². The molecular formula is C19H20F6N2O4. The first kappa shape index (κ1) is 24.7. The van der Waals surface area contributed by atoms with E-state index in [0.717, 1.165) is 24.3 Å². The minimum Gasteiger partial charge on any atom is -0.487 e. The van der Waals surface area contributed by atoms with Crippen molar-refractivity contribution in [1.82, 2.24) is 11.0 Å². The quantitative estimate of drug-likeness (QED) is 0.287. The third-order valence-electron chi connectivity index (χ3n) is 4.17. The first-order valence-corrected chi connectivity index (χ1v) is 8.83. The number of rotatable bonds is 12. The van der Waals surface area contributed by atoms with Gasteiger partial charge in [-0.25, -0.2) is 11.0 Å². The van der Waals surface area contributed by atoms with Crippen molar-refractivity contribution in [2.75, 3.05) is 13.2 Å². The van der Waals surface area contributed by atoms with Gasteiger partial charge >= 0.3 is 17.8 Å². The minimum absolute atomic E-state index is 0.0434. The monoisotopic (exact) mass is 454 g/mol. The van der Waals surface area contributed by atoms with Gasteiger partial charge in [-0.3, -0.25) is 0 Å². The van der Waals surface area contributed by atoms with Crippen molar-refractivity contribution >= 4 is 0 Å². The summed E-state index contributed by atoms with van der Waals surface area (Å²) in [5.74, 6) is -16.7. The van der Waals surface area contributed by atoms with Gasteiger partial charge in [0.2, 0.25) is 0 Å². The number of nitrogens with one attached hydrogen (secondary N) is 2. The maximum absolute atomic E-state index is 14.0. The Morgan fingerprint density at radius 1 is 0.613 bits per heavy atom. The van der Waals surface area contributed by atoms with Crippen LogP contribution in [-0.2, 0) is 13.1 Å². The maximum atomic E-state index is 14.0. The number of hydrogen-bond donors (Lipinski definition) is 4. The third-order valence-corrected chi connectivity index (χ3v) is 4.17. The summed E-state index contributed by atoms with van der Waals surface area (Å²) in [5.41, 5.74) is 4.80. The van der Waals surface area contributed by atoms with Gasteiger partial charge in [0.15, 0.2) is 13.2 Å². The molecule has 4 N–H and O–H groups in total. The predicted molar refractivity (Wildman–Crippen MR) is 96.0 cm³/mol. The second-order valence-electron chi connectivity index (χ2n) is 6.52. The van der Waals surface area contributed by atoms with Crippen LogP contribution < -0.4 is 20.4 Å². The molecule has 0 aliphatic carbocycles. The van der Waals surface area contributed by atoms with Crippen molar-refractivity contribution in [3.63, 3.8) is 0 Å². The van der Waals surface area contributed by atoms with Crippen molar-refractivity contribution in [1.29, 1.82) is 0 Å². The molecule has 2 aromatic carbocycles. The van der Waals surface area contributed by atoms with E-state index in [4.69, 9.17) is 10.4 Å². The Morgan fingerprint density at radius 3 is 1.23 bits per heavy atom. The predicted octanol–water partition coefficient (Wildman–Crippen LogP) is 4.01. The topological polar surface area (TPSA) is 83.0 Å². The number of halogens is 6. The summed E-state index contributed by atoms with van der Waals surface area (Å²) in [4.78, 5) is 0. The maximum Gasteiger partial charge on any atom is 0.378 e. The zero-order valence-corrected chi connectivity index (χ0v) is 15.9. The van der Waals surface area contributed by atoms with Crippen LogP contribution in [0.3, 0.4) is 0 Å². The average Bonchev–Trinajstić information content (AvgIpc) is 2.73. The van der Waals surface area contributed by atoms with Crippen LogP contribution in [0.15, 0.2) is 48.5 Å². The van der Waals surface area contributed by atoms with E-state index in [1.165, 1.54) is 24.3 Å². The van der Waals surface area contributed by atoms with Gasteiger partial charge in [-0.05, 0) is 35.4 Å². The van der Waals surface area contributed by atoms with Crippen molar-refractivity contribution in [2.24, 2.45) is 0 Å². The van der Waals surface area contributed by atoms with Crippen LogP contribution in [0, 0.1) is 0 Å². The number of hydrogen-bond acceptors (Lipinski definition) is 6. The Labute approximate surface area is 173 Å². The fourth-order valence-electron chi connectivity index (χ4n) is 2.39. The van der Waals surface area contributed by atoms with E-state index >= 15 is 0 Å². The Kier molecular flexibility index (Phi) is 8.12. The molecule has 12 heteroatoms. The molecule has 0 heterocycles. The van der Waals surface area contributed by atoms with E-state index in [9.17, 15) is 26.3 Å². The van der Waals surface area contributed by atoms with Crippen molar-refractivity contribution in [3.05, 3.63) is 59.7 Å². The average molecular weight is 454 g/mol. The van der Waals surface area contributed by atoms with Gasteiger partial charge in [-0.1, -0.05) is 24.3 Å². The van der Waals surface area contributed by atoms with Crippen LogP contribution in [0.25, 0.3) is 0 Å². The molecule has 31 heavy (non-hydrogen) atoms. The highest BCUT2D eigenvalue weighted by Gasteiger charge is 2.72. The Balaban J connectivity index is 2.00. The second-order valence-corrected chi connectivity index (χ2v) is 6.52. The molecule has 0 fully saturated rings. The van der Waals surface area contributed by atoms with Crippen LogP contribution in [0.1, 0.15) is 11.1 Å². The Bertz CT molecular complexity index is 752. The highest BCUT2D eigenvalue weighted by atomic mass is 19.3. The lowest BCUT2D eigenvalue weighted by molar-refractivity contribution is -0.319. The van der Waals surface area contributed by atoms with Gasteiger partial charge < -0.3 is 19.9 Å². The lowest BCUT2D eigenvalue weighted by Crippen LogP contribution is -2.58. The van der Waals surface area contributed by atoms with Crippen LogP contribution in [0.2, 0.25) is 0 Å². The SMILES string of the molecule is ONCc1ccc(OCC(F)(F)C(F)(F)C(F)(F)COc2ccc(CNO)cc2)cc1. The van der Waals surface area contributed by atoms with Crippen LogP contribution >= 0.6 is 0 Å². The van der Waals surface area contributed by atoms with E-state index in [-0.39, 0.29) is 24.6 Å². The fourth-order valence-corrected chi connectivity index (χ4v) is 2.39. The first-order chi connectivity index (χ1) is 14.5. The first-order valence-electron chi connectivity index (χ1n) is 8.83. The number of benzene rings is 2. The number of ether oxygens (including phenoxy) is 2. The van der Waals surface area contributed by atoms with Gasteiger partial charge in [0.05, 0.1) is 0 Å². The molecule has 2 aromatic rings. The molecule has 2 rings (SSSR count). The molecule has 0 unspecified atom stereocenters. The Hall–Kier alpha value is -2.54. The number of alkyl halides is 6. The van der Waals surface area contributed by atoms with Gasteiger partial charge in [-0.2, -0.15) is 26.3 Å². The zero-order valence-electron chi connectivity index (χ0n) is 15.9. The minimum atomic E-state index is -5.76. The van der Waals surface area contributed by atoms with E-state index in [1.54, 1.807) is 0 Å². The molecule has 6 nitrogen and oxygen atoms in total. The molecule has 0 aromatic heterocycles. The van der Waals surface area contributed by atoms with Gasteiger partial charge in [0.1, 0.15) is 11.5 Å². The van der Waals surface area contributed by atoms with Crippen LogP contribution in [0.5, 0.6) is 11.5 Å². The second kappa shape index (κ2) is 10.2. The summed E-state index contributed by atoms with van der Waals surface area (Å²) in [7, 11) is 0. The molecule has 0 saturated carbocycles. The van der Waals surface area contributed by atoms with Gasteiger partial charge in [0.25, 0.3) is 0 Å². The highest BCUT2D eigenvalue weighted by molar-refractivity contribution is 5.28. The molecule has 0 bridgehead atoms. The third kappa shape index (κ3) is 6.23. The van der Waals surface area contributed by atoms with Gasteiger partial charge in [0, 0.05) is 13.1 Å². The lowest BCUT2D eigenvalue weighted by Gasteiger charge is -2.32. The fraction of sp³-hybridized carbons (Fsp3) is 0.368. The van der Waals surface area contributed by atoms with Crippen LogP contribution in [-0.4, -0.2) is 41.4 Å². The molecule has 0 aliphatic rings. The molecular weight excluding hydrogens is 434 g/mol. The summed E-state index contributed by atoms with van der Waals surface area (Å²) in [6.07, 6.45) is 0. The highest BCUT2D eigenvalue weighted by Crippen LogP contribution is 2.46. The summed E-state index contributed by atoms with van der Waals surface area (Å²) in [5, 5.41) is 17.1. The molecule has 0 radical (unpaired) electrons. The van der Waals surface area contributed by atoms with Crippen molar-refractivity contribution in [3.8, 4) is 11.5 Å². The summed E-state index contributed by atoms with van der Waals surface area (Å²) >= 11 is 0. The van der Waals surface area contributed by atoms with E-state index < -0.39 is 31.0 Å². The normalized spacial score (nSPS) is 12.6. The molecule has 0 saturated heterocycles. The zero-order chi connectivity index (χ0) is 23.1. The largest absolute Gasteiger partial charge is 0.487 e. The Morgan fingerprint density at radius 2 is 0.935 bits per heavy atom.